The molecule has 7 nitrogen and oxygen atoms in total. The molecule has 160 valence electrons. The number of amides is 3. The van der Waals surface area contributed by atoms with Crippen LogP contribution in [0.15, 0.2) is 48.5 Å². The average molecular weight is 411 g/mol. The van der Waals surface area contributed by atoms with E-state index in [1.165, 1.54) is 0 Å². The highest BCUT2D eigenvalue weighted by Gasteiger charge is 2.15. The SMILES string of the molecule is CCCC(=O)Nc1ccc(NC(=O)CNc2ccc(C(=O)NC(C)(C)C)cc2)cc1. The van der Waals surface area contributed by atoms with Gasteiger partial charge >= 0.3 is 0 Å². The van der Waals surface area contributed by atoms with Crippen LogP contribution in [0.5, 0.6) is 0 Å². The number of carbonyl (C=O) groups excluding carboxylic acids is 3. The van der Waals surface area contributed by atoms with Gasteiger partial charge in [-0.3, -0.25) is 14.4 Å². The van der Waals surface area contributed by atoms with Crippen molar-refractivity contribution in [3.63, 3.8) is 0 Å². The van der Waals surface area contributed by atoms with Gasteiger partial charge in [0.1, 0.15) is 0 Å². The maximum Gasteiger partial charge on any atom is 0.251 e. The first-order valence-corrected chi connectivity index (χ1v) is 10.0. The molecule has 2 aromatic rings. The molecule has 3 amide bonds. The second-order valence-corrected chi connectivity index (χ2v) is 8.06. The summed E-state index contributed by atoms with van der Waals surface area (Å²) >= 11 is 0. The molecule has 4 N–H and O–H groups in total. The molecule has 0 aliphatic carbocycles. The molecule has 2 rings (SSSR count). The van der Waals surface area contributed by atoms with E-state index < -0.39 is 0 Å². The second-order valence-electron chi connectivity index (χ2n) is 8.06. The Morgan fingerprint density at radius 2 is 1.27 bits per heavy atom. The first-order valence-electron chi connectivity index (χ1n) is 10.0. The number of anilines is 3. The van der Waals surface area contributed by atoms with Crippen LogP contribution in [0, 0.1) is 0 Å². The molecule has 0 atom stereocenters. The number of hydrogen-bond acceptors (Lipinski definition) is 4. The smallest absolute Gasteiger partial charge is 0.251 e. The van der Waals surface area contributed by atoms with Gasteiger partial charge in [0.25, 0.3) is 5.91 Å². The average Bonchev–Trinajstić information content (AvgIpc) is 2.67. The fraction of sp³-hybridized carbons (Fsp3) is 0.348. The van der Waals surface area contributed by atoms with Crippen LogP contribution in [-0.2, 0) is 9.59 Å². The van der Waals surface area contributed by atoms with Crippen LogP contribution in [0.25, 0.3) is 0 Å². The normalized spacial score (nSPS) is 10.8. The van der Waals surface area contributed by atoms with Gasteiger partial charge in [-0.05, 0) is 75.7 Å². The summed E-state index contributed by atoms with van der Waals surface area (Å²) in [5, 5.41) is 11.5. The predicted octanol–water partition coefficient (Wildman–Crippen LogP) is 4.00. The lowest BCUT2D eigenvalue weighted by molar-refractivity contribution is -0.116. The van der Waals surface area contributed by atoms with Gasteiger partial charge in [0.2, 0.25) is 11.8 Å². The molecule has 0 aliphatic rings. The van der Waals surface area contributed by atoms with E-state index in [4.69, 9.17) is 0 Å². The van der Waals surface area contributed by atoms with Crippen molar-refractivity contribution in [3.8, 4) is 0 Å². The lowest BCUT2D eigenvalue weighted by Gasteiger charge is -2.20. The summed E-state index contributed by atoms with van der Waals surface area (Å²) in [4.78, 5) is 35.9. The molecule has 0 bridgehead atoms. The number of nitrogens with one attached hydrogen (secondary N) is 4. The van der Waals surface area contributed by atoms with Gasteiger partial charge in [0.05, 0.1) is 6.54 Å². The maximum atomic E-state index is 12.2. The van der Waals surface area contributed by atoms with Crippen molar-refractivity contribution in [2.24, 2.45) is 0 Å². The molecule has 2 aromatic carbocycles. The summed E-state index contributed by atoms with van der Waals surface area (Å²) in [6.07, 6.45) is 1.27. The molecule has 0 fully saturated rings. The molecular formula is C23H30N4O3. The second kappa shape index (κ2) is 10.4. The highest BCUT2D eigenvalue weighted by Crippen LogP contribution is 2.15. The number of benzene rings is 2. The van der Waals surface area contributed by atoms with Crippen LogP contribution >= 0.6 is 0 Å². The maximum absolute atomic E-state index is 12.2. The Labute approximate surface area is 177 Å². The van der Waals surface area contributed by atoms with Gasteiger partial charge in [0, 0.05) is 34.6 Å². The van der Waals surface area contributed by atoms with Gasteiger partial charge < -0.3 is 21.3 Å². The molecule has 30 heavy (non-hydrogen) atoms. The van der Waals surface area contributed by atoms with Crippen LogP contribution in [0.2, 0.25) is 0 Å². The molecule has 0 heterocycles. The van der Waals surface area contributed by atoms with Crippen LogP contribution in [0.1, 0.15) is 50.9 Å². The van der Waals surface area contributed by atoms with Crippen molar-refractivity contribution < 1.29 is 14.4 Å². The fourth-order valence-corrected chi connectivity index (χ4v) is 2.63. The molecule has 0 aliphatic heterocycles. The molecule has 0 saturated heterocycles. The van der Waals surface area contributed by atoms with E-state index in [2.05, 4.69) is 21.3 Å². The zero-order valence-corrected chi connectivity index (χ0v) is 18.0. The van der Waals surface area contributed by atoms with Crippen molar-refractivity contribution >= 4 is 34.8 Å². The van der Waals surface area contributed by atoms with Crippen molar-refractivity contribution in [2.75, 3.05) is 22.5 Å². The lowest BCUT2D eigenvalue weighted by Crippen LogP contribution is -2.40. The first-order chi connectivity index (χ1) is 14.2. The highest BCUT2D eigenvalue weighted by atomic mass is 16.2. The molecule has 0 spiro atoms. The van der Waals surface area contributed by atoms with Gasteiger partial charge in [0.15, 0.2) is 0 Å². The zero-order valence-electron chi connectivity index (χ0n) is 18.0. The Balaban J connectivity index is 1.81. The number of hydrogen-bond donors (Lipinski definition) is 4. The quantitative estimate of drug-likeness (QED) is 0.528. The summed E-state index contributed by atoms with van der Waals surface area (Å²) < 4.78 is 0. The van der Waals surface area contributed by atoms with E-state index in [0.29, 0.717) is 23.4 Å². The van der Waals surface area contributed by atoms with E-state index in [1.807, 2.05) is 27.7 Å². The summed E-state index contributed by atoms with van der Waals surface area (Å²) in [6, 6.07) is 13.9. The standard InChI is InChI=1S/C23H30N4O3/c1-5-6-20(28)25-18-11-13-19(14-12-18)26-21(29)15-24-17-9-7-16(8-10-17)22(30)27-23(2,3)4/h7-14,24H,5-6,15H2,1-4H3,(H,25,28)(H,26,29)(H,27,30). The van der Waals surface area contributed by atoms with Gasteiger partial charge in [-0.1, -0.05) is 6.92 Å². The van der Waals surface area contributed by atoms with E-state index in [9.17, 15) is 14.4 Å². The van der Waals surface area contributed by atoms with Crippen LogP contribution in [0.3, 0.4) is 0 Å². The van der Waals surface area contributed by atoms with Crippen LogP contribution < -0.4 is 21.3 Å². The first kappa shape index (κ1) is 22.9. The minimum absolute atomic E-state index is 0.0274. The summed E-state index contributed by atoms with van der Waals surface area (Å²) in [6.45, 7) is 7.81. The van der Waals surface area contributed by atoms with Gasteiger partial charge in [-0.2, -0.15) is 0 Å². The molecule has 0 saturated carbocycles. The topological polar surface area (TPSA) is 99.3 Å². The van der Waals surface area contributed by atoms with Crippen molar-refractivity contribution in [3.05, 3.63) is 54.1 Å². The minimum Gasteiger partial charge on any atom is -0.376 e. The largest absolute Gasteiger partial charge is 0.376 e. The summed E-state index contributed by atoms with van der Waals surface area (Å²) in [5.41, 5.74) is 2.34. The van der Waals surface area contributed by atoms with Crippen LogP contribution in [-0.4, -0.2) is 29.8 Å². The molecule has 0 radical (unpaired) electrons. The third-order valence-corrected chi connectivity index (χ3v) is 4.02. The van der Waals surface area contributed by atoms with E-state index in [0.717, 1.165) is 12.1 Å². The minimum atomic E-state index is -0.300. The Morgan fingerprint density at radius 3 is 1.77 bits per heavy atom. The molecule has 0 unspecified atom stereocenters. The molecule has 7 heteroatoms. The summed E-state index contributed by atoms with van der Waals surface area (Å²) in [5.74, 6) is -0.367. The third-order valence-electron chi connectivity index (χ3n) is 4.02. The van der Waals surface area contributed by atoms with Crippen molar-refractivity contribution in [1.29, 1.82) is 0 Å². The lowest BCUT2D eigenvalue weighted by atomic mass is 10.1. The number of rotatable bonds is 8. The Morgan fingerprint density at radius 1 is 0.767 bits per heavy atom. The van der Waals surface area contributed by atoms with E-state index in [1.54, 1.807) is 48.5 Å². The highest BCUT2D eigenvalue weighted by molar-refractivity contribution is 5.96. The van der Waals surface area contributed by atoms with Crippen molar-refractivity contribution in [2.45, 2.75) is 46.1 Å². The summed E-state index contributed by atoms with van der Waals surface area (Å²) in [7, 11) is 0. The Kier molecular flexibility index (Phi) is 7.98. The predicted molar refractivity (Wildman–Crippen MR) is 121 cm³/mol. The number of carbonyl (C=O) groups is 3. The van der Waals surface area contributed by atoms with Crippen LogP contribution in [0.4, 0.5) is 17.1 Å². The molecule has 0 aromatic heterocycles. The fourth-order valence-electron chi connectivity index (χ4n) is 2.63. The molecular weight excluding hydrogens is 380 g/mol. The Bertz CT molecular complexity index is 869. The van der Waals surface area contributed by atoms with Gasteiger partial charge in [-0.25, -0.2) is 0 Å². The third kappa shape index (κ3) is 7.95. The van der Waals surface area contributed by atoms with Gasteiger partial charge in [-0.15, -0.1) is 0 Å². The van der Waals surface area contributed by atoms with Crippen molar-refractivity contribution in [1.82, 2.24) is 5.32 Å². The Hall–Kier alpha value is -3.35. The monoisotopic (exact) mass is 410 g/mol. The van der Waals surface area contributed by atoms with E-state index in [-0.39, 0.29) is 29.8 Å². The zero-order chi connectivity index (χ0) is 22.1. The van der Waals surface area contributed by atoms with E-state index >= 15 is 0 Å².